The van der Waals surface area contributed by atoms with E-state index < -0.39 is 0 Å². The molecule has 8 nitrogen and oxygen atoms in total. The van der Waals surface area contributed by atoms with Gasteiger partial charge in [-0.15, -0.1) is 0 Å². The fourth-order valence-corrected chi connectivity index (χ4v) is 4.54. The molecule has 0 saturated carbocycles. The lowest BCUT2D eigenvalue weighted by Crippen LogP contribution is -2.40. The summed E-state index contributed by atoms with van der Waals surface area (Å²) in [6.07, 6.45) is 8.51. The molecule has 5 rings (SSSR count). The number of amides is 1. The van der Waals surface area contributed by atoms with E-state index in [1.54, 1.807) is 13.2 Å². The van der Waals surface area contributed by atoms with Crippen LogP contribution >= 0.6 is 0 Å². The lowest BCUT2D eigenvalue weighted by Gasteiger charge is -2.33. The molecule has 8 heteroatoms. The highest BCUT2D eigenvalue weighted by molar-refractivity contribution is 5.95. The summed E-state index contributed by atoms with van der Waals surface area (Å²) in [5.41, 5.74) is 3.54. The van der Waals surface area contributed by atoms with Gasteiger partial charge in [-0.1, -0.05) is 12.1 Å². The Hall–Kier alpha value is -3.68. The van der Waals surface area contributed by atoms with Gasteiger partial charge in [-0.05, 0) is 42.5 Å². The Labute approximate surface area is 185 Å². The number of hydrogen-bond donors (Lipinski definition) is 1. The van der Waals surface area contributed by atoms with Gasteiger partial charge < -0.3 is 9.47 Å². The molecule has 0 aliphatic carbocycles. The van der Waals surface area contributed by atoms with E-state index in [4.69, 9.17) is 0 Å². The van der Waals surface area contributed by atoms with E-state index in [0.717, 1.165) is 54.8 Å². The molecule has 164 valence electrons. The van der Waals surface area contributed by atoms with E-state index in [-0.39, 0.29) is 11.6 Å². The van der Waals surface area contributed by atoms with Crippen LogP contribution in [0.5, 0.6) is 0 Å². The van der Waals surface area contributed by atoms with Crippen LogP contribution in [0.3, 0.4) is 0 Å². The second-order valence-electron chi connectivity index (χ2n) is 8.58. The highest BCUT2D eigenvalue weighted by Gasteiger charge is 2.25. The topological polar surface area (TPSA) is 88.8 Å². The molecule has 1 fully saturated rings. The summed E-state index contributed by atoms with van der Waals surface area (Å²) in [7, 11) is 3.72. The number of aromatic amines is 1. The van der Waals surface area contributed by atoms with Crippen LogP contribution in [0.4, 0.5) is 0 Å². The first kappa shape index (κ1) is 20.2. The fourth-order valence-electron chi connectivity index (χ4n) is 4.54. The number of nitrogens with one attached hydrogen (secondary N) is 1. The van der Waals surface area contributed by atoms with Gasteiger partial charge in [0.05, 0.1) is 5.52 Å². The lowest BCUT2D eigenvalue weighted by atomic mass is 9.93. The predicted octanol–water partition coefficient (Wildman–Crippen LogP) is 2.76. The maximum atomic E-state index is 13.3. The number of pyridine rings is 1. The highest BCUT2D eigenvalue weighted by Crippen LogP contribution is 2.25. The van der Waals surface area contributed by atoms with E-state index in [1.165, 1.54) is 4.57 Å². The minimum Gasteiger partial charge on any atom is -0.338 e. The van der Waals surface area contributed by atoms with Crippen molar-refractivity contribution in [1.29, 1.82) is 0 Å². The summed E-state index contributed by atoms with van der Waals surface area (Å²) in [4.78, 5) is 38.7. The number of fused-ring (bicyclic) bond motifs is 1. The Kier molecular flexibility index (Phi) is 5.13. The number of imidazole rings is 2. The Bertz CT molecular complexity index is 1350. The monoisotopic (exact) mass is 430 g/mol. The van der Waals surface area contributed by atoms with Gasteiger partial charge in [-0.25, -0.2) is 14.8 Å². The number of hydrogen-bond acceptors (Lipinski definition) is 4. The first-order valence-corrected chi connectivity index (χ1v) is 10.9. The molecule has 4 heterocycles. The Morgan fingerprint density at radius 1 is 1.19 bits per heavy atom. The van der Waals surface area contributed by atoms with Crippen LogP contribution in [0.1, 0.15) is 29.0 Å². The fraction of sp³-hybridized carbons (Fsp3) is 0.333. The van der Waals surface area contributed by atoms with Crippen molar-refractivity contribution in [2.24, 2.45) is 20.0 Å². The average Bonchev–Trinajstić information content (AvgIpc) is 3.35. The molecule has 0 spiro atoms. The number of rotatable bonds is 4. The minimum absolute atomic E-state index is 0.0551. The van der Waals surface area contributed by atoms with Crippen molar-refractivity contribution in [3.63, 3.8) is 0 Å². The number of nitrogens with zero attached hydrogens (tertiary/aromatic N) is 5. The maximum Gasteiger partial charge on any atom is 0.327 e. The zero-order chi connectivity index (χ0) is 22.2. The Morgan fingerprint density at radius 2 is 2.06 bits per heavy atom. The van der Waals surface area contributed by atoms with E-state index in [0.29, 0.717) is 17.1 Å². The number of aromatic nitrogens is 5. The van der Waals surface area contributed by atoms with Crippen LogP contribution in [-0.4, -0.2) is 48.0 Å². The first-order valence-electron chi connectivity index (χ1n) is 10.9. The molecule has 1 aromatic carbocycles. The van der Waals surface area contributed by atoms with Gasteiger partial charge in [0.25, 0.3) is 5.91 Å². The quantitative estimate of drug-likeness (QED) is 0.539. The van der Waals surface area contributed by atoms with Crippen LogP contribution in [-0.2, 0) is 20.5 Å². The molecule has 1 aliphatic heterocycles. The van der Waals surface area contributed by atoms with Crippen molar-refractivity contribution >= 4 is 17.1 Å². The molecule has 1 amide bonds. The first-order chi connectivity index (χ1) is 15.5. The molecular weight excluding hydrogens is 404 g/mol. The number of likely N-dealkylation sites (tertiary alicyclic amines) is 1. The minimum atomic E-state index is -0.196. The van der Waals surface area contributed by atoms with E-state index in [9.17, 15) is 9.59 Å². The van der Waals surface area contributed by atoms with Crippen LogP contribution < -0.4 is 5.69 Å². The van der Waals surface area contributed by atoms with Gasteiger partial charge >= 0.3 is 5.69 Å². The van der Waals surface area contributed by atoms with Gasteiger partial charge in [0.15, 0.2) is 5.65 Å². The molecule has 32 heavy (non-hydrogen) atoms. The van der Waals surface area contributed by atoms with Gasteiger partial charge in [-0.3, -0.25) is 14.3 Å². The molecule has 3 aromatic heterocycles. The predicted molar refractivity (Wildman–Crippen MR) is 122 cm³/mol. The number of benzene rings is 1. The third-order valence-corrected chi connectivity index (χ3v) is 6.40. The van der Waals surface area contributed by atoms with Crippen LogP contribution in [0.2, 0.25) is 0 Å². The van der Waals surface area contributed by atoms with Crippen molar-refractivity contribution < 1.29 is 4.79 Å². The summed E-state index contributed by atoms with van der Waals surface area (Å²) < 4.78 is 3.59. The third-order valence-electron chi connectivity index (χ3n) is 6.40. The average molecular weight is 431 g/mol. The zero-order valence-electron chi connectivity index (χ0n) is 18.3. The van der Waals surface area contributed by atoms with Crippen LogP contribution in [0.25, 0.3) is 22.3 Å². The SMILES string of the molecule is Cn1ccnc1CC1CCCN(C(=O)c2cccc(-c3cnc4[nH]c(=O)n(C)c4c3)c2)C1. The zero-order valence-corrected chi connectivity index (χ0v) is 18.3. The van der Waals surface area contributed by atoms with Gasteiger partial charge in [0, 0.05) is 63.3 Å². The van der Waals surface area contributed by atoms with Crippen LogP contribution in [0.15, 0.2) is 53.7 Å². The maximum absolute atomic E-state index is 13.3. The number of piperidine rings is 1. The van der Waals surface area contributed by atoms with E-state index in [1.807, 2.05) is 54.7 Å². The summed E-state index contributed by atoms with van der Waals surface area (Å²) in [6.45, 7) is 1.52. The van der Waals surface area contributed by atoms with E-state index in [2.05, 4.69) is 19.5 Å². The summed E-state index contributed by atoms with van der Waals surface area (Å²) in [5, 5.41) is 0. The Morgan fingerprint density at radius 3 is 2.88 bits per heavy atom. The van der Waals surface area contributed by atoms with Gasteiger partial charge in [-0.2, -0.15) is 0 Å². The second-order valence-corrected chi connectivity index (χ2v) is 8.58. The third kappa shape index (κ3) is 3.72. The molecule has 1 atom stereocenters. The number of aryl methyl sites for hydroxylation is 2. The number of carbonyl (C=O) groups excluding carboxylic acids is 1. The molecule has 1 unspecified atom stereocenters. The number of H-pyrrole nitrogens is 1. The van der Waals surface area contributed by atoms with E-state index >= 15 is 0 Å². The second kappa shape index (κ2) is 8.11. The summed E-state index contributed by atoms with van der Waals surface area (Å²) in [6, 6.07) is 9.57. The summed E-state index contributed by atoms with van der Waals surface area (Å²) >= 11 is 0. The normalized spacial score (nSPS) is 16.6. The molecule has 1 saturated heterocycles. The Balaban J connectivity index is 1.37. The smallest absolute Gasteiger partial charge is 0.327 e. The van der Waals surface area contributed by atoms with Gasteiger partial charge in [0.1, 0.15) is 5.82 Å². The van der Waals surface area contributed by atoms with Crippen molar-refractivity contribution in [1.82, 2.24) is 29.0 Å². The van der Waals surface area contributed by atoms with Crippen molar-refractivity contribution in [2.45, 2.75) is 19.3 Å². The molecule has 0 radical (unpaired) electrons. The molecule has 1 aliphatic rings. The molecular formula is C24H26N6O2. The molecule has 0 bridgehead atoms. The highest BCUT2D eigenvalue weighted by atomic mass is 16.2. The molecule has 1 N–H and O–H groups in total. The summed E-state index contributed by atoms with van der Waals surface area (Å²) in [5.74, 6) is 1.53. The lowest BCUT2D eigenvalue weighted by molar-refractivity contribution is 0.0672. The van der Waals surface area contributed by atoms with Crippen molar-refractivity contribution in [3.8, 4) is 11.1 Å². The standard InChI is InChI=1S/C24H26N6O2/c1-28-10-8-25-21(28)11-16-5-4-9-30(15-16)23(31)18-7-3-6-17(12-18)19-13-20-22(26-14-19)27-24(32)29(20)2/h3,6-8,10,12-14,16H,4-5,9,11,15H2,1-2H3,(H,26,27,32). The number of carbonyl (C=O) groups is 1. The largest absolute Gasteiger partial charge is 0.338 e. The van der Waals surface area contributed by atoms with Crippen LogP contribution in [0, 0.1) is 5.92 Å². The van der Waals surface area contributed by atoms with Crippen molar-refractivity contribution in [3.05, 3.63) is 70.8 Å². The van der Waals surface area contributed by atoms with Crippen molar-refractivity contribution in [2.75, 3.05) is 13.1 Å². The van der Waals surface area contributed by atoms with Gasteiger partial charge in [0.2, 0.25) is 0 Å². The molecule has 4 aromatic rings.